The molecule has 8 heteroatoms. The Morgan fingerprint density at radius 2 is 1.21 bits per heavy atom. The van der Waals surface area contributed by atoms with Crippen LogP contribution in [-0.2, 0) is 22.6 Å². The van der Waals surface area contributed by atoms with Gasteiger partial charge in [0.1, 0.15) is 22.8 Å². The Bertz CT molecular complexity index is 1440. The monoisotopic (exact) mass is 655 g/mol. The number of aliphatic imine (C=N–C) groups is 1. The van der Waals surface area contributed by atoms with E-state index in [4.69, 9.17) is 9.47 Å². The van der Waals surface area contributed by atoms with E-state index in [2.05, 4.69) is 60.4 Å². The number of benzene rings is 3. The summed E-state index contributed by atoms with van der Waals surface area (Å²) in [6, 6.07) is 14.0. The van der Waals surface area contributed by atoms with Crippen molar-refractivity contribution in [2.75, 3.05) is 13.2 Å². The molecule has 0 saturated carbocycles. The molecule has 3 aromatic rings. The summed E-state index contributed by atoms with van der Waals surface area (Å²) in [4.78, 5) is 4.65. The van der Waals surface area contributed by atoms with E-state index in [9.17, 15) is 23.4 Å². The molecule has 0 aliphatic heterocycles. The minimum absolute atomic E-state index is 0.111. The lowest BCUT2D eigenvalue weighted by Crippen LogP contribution is -2.39. The van der Waals surface area contributed by atoms with Crippen molar-refractivity contribution in [1.29, 1.82) is 0 Å². The smallest absolute Gasteiger partial charge is 0.419 e. The number of phenols is 1. The van der Waals surface area contributed by atoms with Crippen molar-refractivity contribution >= 4 is 6.21 Å². The van der Waals surface area contributed by atoms with Crippen LogP contribution in [0.25, 0.3) is 0 Å². The molecule has 1 atom stereocenters. The lowest BCUT2D eigenvalue weighted by molar-refractivity contribution is -0.138. The topological polar surface area (TPSA) is 71.3 Å². The molecule has 47 heavy (non-hydrogen) atoms. The van der Waals surface area contributed by atoms with Gasteiger partial charge in [-0.2, -0.15) is 13.2 Å². The number of para-hydroxylation sites is 1. The van der Waals surface area contributed by atoms with Crippen LogP contribution in [0.5, 0.6) is 17.2 Å². The van der Waals surface area contributed by atoms with Crippen LogP contribution in [0.3, 0.4) is 0 Å². The van der Waals surface area contributed by atoms with Crippen molar-refractivity contribution in [3.8, 4) is 17.2 Å². The molecule has 3 aromatic carbocycles. The first-order valence-corrected chi connectivity index (χ1v) is 16.6. The molecule has 0 amide bonds. The summed E-state index contributed by atoms with van der Waals surface area (Å²) >= 11 is 0. The van der Waals surface area contributed by atoms with E-state index >= 15 is 0 Å². The standard InChI is InChI=1S/C39H52F3NO4/c1-10-12-21-46-33-19-17-28(36(4,5)6)23-31(33)38(45,26(3)43-25-27-15-14-16-30(35(27)44)39(40,41)42)32-24-29(37(7,8)9)18-20-34(32)47-22-13-11-2/h14-20,23-26,44-45H,10-13,21-22H2,1-9H3. The normalized spacial score (nSPS) is 13.6. The second-order valence-electron chi connectivity index (χ2n) is 14.3. The summed E-state index contributed by atoms with van der Waals surface area (Å²) in [5, 5.41) is 23.8. The Kier molecular flexibility index (Phi) is 12.2. The van der Waals surface area contributed by atoms with Crippen molar-refractivity contribution < 1.29 is 32.9 Å². The predicted octanol–water partition coefficient (Wildman–Crippen LogP) is 10.1. The number of rotatable bonds is 13. The number of nitrogens with zero attached hydrogens (tertiary/aromatic N) is 1. The van der Waals surface area contributed by atoms with Gasteiger partial charge in [-0.05, 0) is 78.1 Å². The van der Waals surface area contributed by atoms with Crippen molar-refractivity contribution in [3.05, 3.63) is 88.0 Å². The number of aromatic hydroxyl groups is 1. The molecule has 5 nitrogen and oxygen atoms in total. The Morgan fingerprint density at radius 1 is 0.745 bits per heavy atom. The van der Waals surface area contributed by atoms with Crippen LogP contribution < -0.4 is 9.47 Å². The van der Waals surface area contributed by atoms with Gasteiger partial charge in [-0.15, -0.1) is 0 Å². The van der Waals surface area contributed by atoms with Gasteiger partial charge in [0.2, 0.25) is 0 Å². The molecule has 0 fully saturated rings. The number of aliphatic hydroxyl groups is 1. The van der Waals surface area contributed by atoms with Gasteiger partial charge >= 0.3 is 6.18 Å². The zero-order chi connectivity index (χ0) is 35.2. The van der Waals surface area contributed by atoms with Crippen molar-refractivity contribution in [2.45, 2.75) is 117 Å². The highest BCUT2D eigenvalue weighted by atomic mass is 19.4. The molecule has 258 valence electrons. The van der Waals surface area contributed by atoms with E-state index < -0.39 is 29.1 Å². The van der Waals surface area contributed by atoms with Crippen LogP contribution in [0, 0.1) is 0 Å². The van der Waals surface area contributed by atoms with Crippen LogP contribution >= 0.6 is 0 Å². The zero-order valence-electron chi connectivity index (χ0n) is 29.4. The Morgan fingerprint density at radius 3 is 1.62 bits per heavy atom. The van der Waals surface area contributed by atoms with Crippen LogP contribution in [0.2, 0.25) is 0 Å². The minimum atomic E-state index is -4.74. The fourth-order valence-corrected chi connectivity index (χ4v) is 5.28. The summed E-state index contributed by atoms with van der Waals surface area (Å²) in [5.74, 6) is 0.0493. The lowest BCUT2D eigenvalue weighted by Gasteiger charge is -2.37. The number of hydrogen-bond acceptors (Lipinski definition) is 5. The van der Waals surface area contributed by atoms with Crippen LogP contribution in [0.1, 0.15) is 121 Å². The second kappa shape index (κ2) is 15.1. The van der Waals surface area contributed by atoms with Gasteiger partial charge in [-0.25, -0.2) is 0 Å². The van der Waals surface area contributed by atoms with Gasteiger partial charge in [0.15, 0.2) is 0 Å². The summed E-state index contributed by atoms with van der Waals surface area (Å²) in [6.45, 7) is 19.2. The molecule has 0 spiro atoms. The number of hydrogen-bond donors (Lipinski definition) is 2. The van der Waals surface area contributed by atoms with Crippen molar-refractivity contribution in [3.63, 3.8) is 0 Å². The van der Waals surface area contributed by atoms with E-state index in [1.807, 2.05) is 36.4 Å². The molecule has 0 saturated heterocycles. The van der Waals surface area contributed by atoms with E-state index in [-0.39, 0.29) is 16.4 Å². The molecule has 1 unspecified atom stereocenters. The fraction of sp³-hybridized carbons (Fsp3) is 0.513. The van der Waals surface area contributed by atoms with E-state index in [0.717, 1.165) is 42.9 Å². The van der Waals surface area contributed by atoms with Gasteiger partial charge in [-0.1, -0.05) is 86.4 Å². The summed E-state index contributed by atoms with van der Waals surface area (Å²) in [7, 11) is 0. The molecule has 0 bridgehead atoms. The third kappa shape index (κ3) is 9.10. The minimum Gasteiger partial charge on any atom is -0.507 e. The first-order valence-electron chi connectivity index (χ1n) is 16.6. The lowest BCUT2D eigenvalue weighted by atomic mass is 9.75. The highest BCUT2D eigenvalue weighted by Crippen LogP contribution is 2.46. The third-order valence-electron chi connectivity index (χ3n) is 8.44. The molecule has 0 aromatic heterocycles. The summed E-state index contributed by atoms with van der Waals surface area (Å²) in [5.41, 5.74) is -0.807. The number of alkyl halides is 3. The molecule has 0 aliphatic carbocycles. The Balaban J connectivity index is 2.39. The molecular weight excluding hydrogens is 603 g/mol. The maximum Gasteiger partial charge on any atom is 0.419 e. The van der Waals surface area contributed by atoms with Gasteiger partial charge in [-0.3, -0.25) is 4.99 Å². The van der Waals surface area contributed by atoms with Gasteiger partial charge in [0.25, 0.3) is 0 Å². The zero-order valence-corrected chi connectivity index (χ0v) is 29.4. The largest absolute Gasteiger partial charge is 0.507 e. The van der Waals surface area contributed by atoms with E-state index in [1.54, 1.807) is 6.92 Å². The first kappa shape index (κ1) is 37.9. The number of halogens is 3. The van der Waals surface area contributed by atoms with Crippen LogP contribution in [0.4, 0.5) is 13.2 Å². The van der Waals surface area contributed by atoms with Crippen molar-refractivity contribution in [1.82, 2.24) is 0 Å². The maximum absolute atomic E-state index is 13.6. The molecule has 0 aliphatic rings. The van der Waals surface area contributed by atoms with E-state index in [1.165, 1.54) is 18.3 Å². The molecule has 0 radical (unpaired) electrons. The highest BCUT2D eigenvalue weighted by Gasteiger charge is 2.44. The van der Waals surface area contributed by atoms with E-state index in [0.29, 0.717) is 35.8 Å². The van der Waals surface area contributed by atoms with Gasteiger partial charge < -0.3 is 19.7 Å². The highest BCUT2D eigenvalue weighted by molar-refractivity contribution is 5.84. The average Bonchev–Trinajstić information content (AvgIpc) is 2.98. The number of ether oxygens (including phenoxy) is 2. The Hall–Kier alpha value is -3.52. The van der Waals surface area contributed by atoms with Crippen molar-refractivity contribution in [2.24, 2.45) is 4.99 Å². The quantitative estimate of drug-likeness (QED) is 0.142. The number of phenolic OH excluding ortho intramolecular Hbond substituents is 1. The number of unbranched alkanes of at least 4 members (excludes halogenated alkanes) is 2. The van der Waals surface area contributed by atoms with Gasteiger partial charge in [0, 0.05) is 22.9 Å². The molecule has 2 N–H and O–H groups in total. The predicted molar refractivity (Wildman–Crippen MR) is 184 cm³/mol. The SMILES string of the molecule is CCCCOc1ccc(C(C)(C)C)cc1C(O)(c1cc(C(C)(C)C)ccc1OCCCC)C(C)N=Cc1cccc(C(F)(F)F)c1O. The molecule has 0 heterocycles. The first-order chi connectivity index (χ1) is 21.8. The van der Waals surface area contributed by atoms with Crippen LogP contribution in [0.15, 0.2) is 59.6 Å². The summed E-state index contributed by atoms with van der Waals surface area (Å²) < 4.78 is 53.4. The van der Waals surface area contributed by atoms with Crippen LogP contribution in [-0.4, -0.2) is 35.7 Å². The second-order valence-corrected chi connectivity index (χ2v) is 14.3. The van der Waals surface area contributed by atoms with Gasteiger partial charge in [0.05, 0.1) is 24.8 Å². The molecular formula is C39H52F3NO4. The third-order valence-corrected chi connectivity index (χ3v) is 8.44. The maximum atomic E-state index is 13.6. The summed E-state index contributed by atoms with van der Waals surface area (Å²) in [6.07, 6.45) is -0.0837. The fourth-order valence-electron chi connectivity index (χ4n) is 5.28. The average molecular weight is 656 g/mol. The molecule has 3 rings (SSSR count). The Labute approximate surface area is 278 Å².